The van der Waals surface area contributed by atoms with Gasteiger partial charge in [-0.3, -0.25) is 0 Å². The van der Waals surface area contributed by atoms with Crippen LogP contribution in [-0.2, 0) is 5.41 Å². The standard InChI is InChI=1S/C39H28ClNO/c1-39(2)33-9-5-3-8-32(33)38-34(39)21-27(22-35(38)40)25-13-18-29(19-14-25)41-28-16-11-24(12-17-28)26-15-20-31-30-7-4-6-10-36(30)42-37(31)23-26/h3-23,41H,1-2H3. The Labute approximate surface area is 250 Å². The molecule has 0 amide bonds. The monoisotopic (exact) mass is 561 g/mol. The van der Waals surface area contributed by atoms with Gasteiger partial charge in [-0.15, -0.1) is 0 Å². The molecule has 0 saturated heterocycles. The zero-order chi connectivity index (χ0) is 28.4. The van der Waals surface area contributed by atoms with E-state index in [1.807, 2.05) is 18.2 Å². The van der Waals surface area contributed by atoms with E-state index < -0.39 is 0 Å². The molecule has 0 bridgehead atoms. The maximum absolute atomic E-state index is 6.90. The maximum atomic E-state index is 6.90. The van der Waals surface area contributed by atoms with Gasteiger partial charge in [0.15, 0.2) is 0 Å². The largest absolute Gasteiger partial charge is 0.456 e. The van der Waals surface area contributed by atoms with Gasteiger partial charge in [-0.25, -0.2) is 0 Å². The third-order valence-corrected chi connectivity index (χ3v) is 9.04. The highest BCUT2D eigenvalue weighted by Gasteiger charge is 2.36. The summed E-state index contributed by atoms with van der Waals surface area (Å²) in [5.74, 6) is 0. The number of rotatable bonds is 4. The summed E-state index contributed by atoms with van der Waals surface area (Å²) >= 11 is 6.90. The summed E-state index contributed by atoms with van der Waals surface area (Å²) in [7, 11) is 0. The fourth-order valence-electron chi connectivity index (χ4n) is 6.50. The number of hydrogen-bond acceptors (Lipinski definition) is 2. The van der Waals surface area contributed by atoms with Gasteiger partial charge in [0, 0.05) is 38.1 Å². The number of hydrogen-bond donors (Lipinski definition) is 1. The lowest BCUT2D eigenvalue weighted by Crippen LogP contribution is -2.14. The van der Waals surface area contributed by atoms with E-state index in [4.69, 9.17) is 16.0 Å². The van der Waals surface area contributed by atoms with Gasteiger partial charge in [0.2, 0.25) is 0 Å². The predicted molar refractivity (Wildman–Crippen MR) is 177 cm³/mol. The molecule has 8 rings (SSSR count). The Morgan fingerprint density at radius 1 is 0.548 bits per heavy atom. The van der Waals surface area contributed by atoms with Crippen LogP contribution < -0.4 is 5.32 Å². The van der Waals surface area contributed by atoms with Crippen LogP contribution in [0, 0.1) is 0 Å². The Hall–Kier alpha value is -4.79. The van der Waals surface area contributed by atoms with Gasteiger partial charge in [-0.05, 0) is 93.5 Å². The second-order valence-corrected chi connectivity index (χ2v) is 12.0. The van der Waals surface area contributed by atoms with Crippen molar-refractivity contribution in [3.05, 3.63) is 144 Å². The first-order valence-electron chi connectivity index (χ1n) is 14.3. The molecule has 0 aliphatic heterocycles. The number of anilines is 2. The van der Waals surface area contributed by atoms with E-state index in [1.165, 1.54) is 22.3 Å². The Bertz CT molecular complexity index is 2140. The molecule has 202 valence electrons. The number of furan rings is 1. The lowest BCUT2D eigenvalue weighted by atomic mass is 9.81. The van der Waals surface area contributed by atoms with Crippen LogP contribution in [0.2, 0.25) is 5.02 Å². The molecular weight excluding hydrogens is 534 g/mol. The molecule has 1 aromatic heterocycles. The van der Waals surface area contributed by atoms with Crippen LogP contribution in [0.5, 0.6) is 0 Å². The zero-order valence-electron chi connectivity index (χ0n) is 23.4. The van der Waals surface area contributed by atoms with Crippen molar-refractivity contribution < 1.29 is 4.42 Å². The van der Waals surface area contributed by atoms with Crippen LogP contribution in [0.3, 0.4) is 0 Å². The molecule has 0 spiro atoms. The van der Waals surface area contributed by atoms with E-state index in [-0.39, 0.29) is 5.41 Å². The molecule has 2 nitrogen and oxygen atoms in total. The molecule has 7 aromatic rings. The van der Waals surface area contributed by atoms with Gasteiger partial charge < -0.3 is 9.73 Å². The van der Waals surface area contributed by atoms with Crippen molar-refractivity contribution in [2.24, 2.45) is 0 Å². The highest BCUT2D eigenvalue weighted by atomic mass is 35.5. The minimum atomic E-state index is -0.0863. The van der Waals surface area contributed by atoms with Crippen LogP contribution in [-0.4, -0.2) is 0 Å². The SMILES string of the molecule is CC1(C)c2ccccc2-c2c(Cl)cc(-c3ccc(Nc4ccc(-c5ccc6c(c5)oc5ccccc56)cc4)cc3)cc21. The highest BCUT2D eigenvalue weighted by Crippen LogP contribution is 2.52. The number of nitrogens with one attached hydrogen (secondary N) is 1. The summed E-state index contributed by atoms with van der Waals surface area (Å²) in [6, 6.07) is 44.7. The number of para-hydroxylation sites is 1. The van der Waals surface area contributed by atoms with Gasteiger partial charge in [0.05, 0.1) is 0 Å². The van der Waals surface area contributed by atoms with E-state index in [2.05, 4.69) is 128 Å². The van der Waals surface area contributed by atoms with Crippen molar-refractivity contribution in [3.63, 3.8) is 0 Å². The number of fused-ring (bicyclic) bond motifs is 6. The van der Waals surface area contributed by atoms with Crippen LogP contribution in [0.1, 0.15) is 25.0 Å². The molecule has 0 radical (unpaired) electrons. The molecule has 1 heterocycles. The van der Waals surface area contributed by atoms with E-state index in [1.54, 1.807) is 0 Å². The van der Waals surface area contributed by atoms with E-state index in [0.717, 1.165) is 60.6 Å². The first-order valence-corrected chi connectivity index (χ1v) is 14.7. The Balaban J connectivity index is 1.03. The topological polar surface area (TPSA) is 25.2 Å². The predicted octanol–water partition coefficient (Wildman–Crippen LogP) is 11.6. The molecule has 0 atom stereocenters. The summed E-state index contributed by atoms with van der Waals surface area (Å²) in [4.78, 5) is 0. The lowest BCUT2D eigenvalue weighted by molar-refractivity contribution is 0.660. The summed E-state index contributed by atoms with van der Waals surface area (Å²) in [6.45, 7) is 4.57. The third-order valence-electron chi connectivity index (χ3n) is 8.74. The van der Waals surface area contributed by atoms with Gasteiger partial charge >= 0.3 is 0 Å². The van der Waals surface area contributed by atoms with Crippen LogP contribution in [0.15, 0.2) is 132 Å². The van der Waals surface area contributed by atoms with Crippen molar-refractivity contribution in [2.75, 3.05) is 5.32 Å². The average Bonchev–Trinajstić information content (AvgIpc) is 3.50. The average molecular weight is 562 g/mol. The Morgan fingerprint density at radius 3 is 1.93 bits per heavy atom. The van der Waals surface area contributed by atoms with Gasteiger partial charge in [-0.2, -0.15) is 0 Å². The molecule has 0 unspecified atom stereocenters. The molecule has 1 aliphatic carbocycles. The molecule has 3 heteroatoms. The highest BCUT2D eigenvalue weighted by molar-refractivity contribution is 6.34. The van der Waals surface area contributed by atoms with Gasteiger partial charge in [-0.1, -0.05) is 98.2 Å². The van der Waals surface area contributed by atoms with Crippen molar-refractivity contribution in [1.82, 2.24) is 0 Å². The fraction of sp³-hybridized carbons (Fsp3) is 0.0769. The van der Waals surface area contributed by atoms with E-state index in [0.29, 0.717) is 0 Å². The van der Waals surface area contributed by atoms with E-state index in [9.17, 15) is 0 Å². The van der Waals surface area contributed by atoms with Crippen molar-refractivity contribution in [2.45, 2.75) is 19.3 Å². The molecule has 1 N–H and O–H groups in total. The quantitative estimate of drug-likeness (QED) is 0.231. The van der Waals surface area contributed by atoms with Crippen molar-refractivity contribution in [3.8, 4) is 33.4 Å². The number of benzene rings is 6. The molecule has 6 aromatic carbocycles. The van der Waals surface area contributed by atoms with Crippen LogP contribution >= 0.6 is 11.6 Å². The first kappa shape index (κ1) is 25.0. The third kappa shape index (κ3) is 3.94. The van der Waals surface area contributed by atoms with Crippen molar-refractivity contribution >= 4 is 44.9 Å². The Morgan fingerprint density at radius 2 is 1.17 bits per heavy atom. The van der Waals surface area contributed by atoms with Gasteiger partial charge in [0.25, 0.3) is 0 Å². The second-order valence-electron chi connectivity index (χ2n) is 11.6. The van der Waals surface area contributed by atoms with Crippen molar-refractivity contribution in [1.29, 1.82) is 0 Å². The van der Waals surface area contributed by atoms with E-state index >= 15 is 0 Å². The second kappa shape index (κ2) is 9.37. The number of halogens is 1. The maximum Gasteiger partial charge on any atom is 0.136 e. The van der Waals surface area contributed by atoms with Crippen LogP contribution in [0.25, 0.3) is 55.3 Å². The Kier molecular flexibility index (Phi) is 5.57. The smallest absolute Gasteiger partial charge is 0.136 e. The lowest BCUT2D eigenvalue weighted by Gasteiger charge is -2.22. The molecule has 1 aliphatic rings. The summed E-state index contributed by atoms with van der Waals surface area (Å²) in [5.41, 5.74) is 13.4. The minimum Gasteiger partial charge on any atom is -0.456 e. The summed E-state index contributed by atoms with van der Waals surface area (Å²) in [6.07, 6.45) is 0. The minimum absolute atomic E-state index is 0.0863. The normalized spacial score (nSPS) is 13.3. The summed E-state index contributed by atoms with van der Waals surface area (Å²) in [5, 5.41) is 6.65. The first-order chi connectivity index (χ1) is 20.5. The van der Waals surface area contributed by atoms with Gasteiger partial charge in [0.1, 0.15) is 11.2 Å². The molecule has 0 saturated carbocycles. The fourth-order valence-corrected chi connectivity index (χ4v) is 6.82. The molecular formula is C39H28ClNO. The zero-order valence-corrected chi connectivity index (χ0v) is 24.2. The molecule has 0 fully saturated rings. The summed E-state index contributed by atoms with van der Waals surface area (Å²) < 4.78 is 6.09. The molecule has 42 heavy (non-hydrogen) atoms. The van der Waals surface area contributed by atoms with Crippen LogP contribution in [0.4, 0.5) is 11.4 Å².